The predicted octanol–water partition coefficient (Wildman–Crippen LogP) is 2.32. The first-order valence-corrected chi connectivity index (χ1v) is 9.21. The van der Waals surface area contributed by atoms with Crippen LogP contribution in [0.4, 0.5) is 0 Å². The molecule has 142 valence electrons. The molecule has 3 rings (SSSR count). The van der Waals surface area contributed by atoms with Crippen LogP contribution in [0.3, 0.4) is 0 Å². The van der Waals surface area contributed by atoms with Gasteiger partial charge in [-0.15, -0.1) is 0 Å². The normalized spacial score (nSPS) is 16.8. The van der Waals surface area contributed by atoms with E-state index in [1.54, 1.807) is 24.3 Å². The first-order valence-electron chi connectivity index (χ1n) is 9.21. The summed E-state index contributed by atoms with van der Waals surface area (Å²) >= 11 is 0. The van der Waals surface area contributed by atoms with Gasteiger partial charge in [0.05, 0.1) is 5.56 Å². The van der Waals surface area contributed by atoms with Gasteiger partial charge in [-0.05, 0) is 49.1 Å². The van der Waals surface area contributed by atoms with Gasteiger partial charge in [-0.25, -0.2) is 0 Å². The summed E-state index contributed by atoms with van der Waals surface area (Å²) in [4.78, 5) is 26.3. The molecule has 1 saturated heterocycles. The first-order chi connectivity index (χ1) is 13.1. The molecule has 2 aromatic rings. The Hall–Kier alpha value is -2.86. The van der Waals surface area contributed by atoms with E-state index >= 15 is 0 Å². The van der Waals surface area contributed by atoms with Crippen LogP contribution >= 0.6 is 0 Å². The van der Waals surface area contributed by atoms with Gasteiger partial charge >= 0.3 is 0 Å². The molecule has 0 radical (unpaired) electrons. The Morgan fingerprint density at radius 3 is 2.70 bits per heavy atom. The van der Waals surface area contributed by atoms with Crippen LogP contribution < -0.4 is 16.2 Å². The van der Waals surface area contributed by atoms with Crippen molar-refractivity contribution in [2.24, 2.45) is 11.5 Å². The lowest BCUT2D eigenvalue weighted by Crippen LogP contribution is -2.47. The average molecular weight is 367 g/mol. The van der Waals surface area contributed by atoms with Gasteiger partial charge in [0.1, 0.15) is 12.4 Å². The number of nitrogens with zero attached hydrogens (tertiary/aromatic N) is 1. The van der Waals surface area contributed by atoms with Crippen LogP contribution in [-0.4, -0.2) is 35.8 Å². The number of hydrogen-bond donors (Lipinski definition) is 2. The number of likely N-dealkylation sites (tertiary alicyclic amines) is 1. The van der Waals surface area contributed by atoms with Crippen LogP contribution in [0.2, 0.25) is 0 Å². The molecule has 0 spiro atoms. The first kappa shape index (κ1) is 18.9. The number of rotatable bonds is 6. The molecule has 0 aromatic heterocycles. The summed E-state index contributed by atoms with van der Waals surface area (Å²) in [7, 11) is 0. The monoisotopic (exact) mass is 367 g/mol. The van der Waals surface area contributed by atoms with Gasteiger partial charge in [-0.2, -0.15) is 0 Å². The zero-order valence-electron chi connectivity index (χ0n) is 15.3. The molecule has 6 nitrogen and oxygen atoms in total. The third-order valence-electron chi connectivity index (χ3n) is 4.88. The van der Waals surface area contributed by atoms with E-state index in [0.717, 1.165) is 31.4 Å². The minimum Gasteiger partial charge on any atom is -0.488 e. The Morgan fingerprint density at radius 1 is 1.11 bits per heavy atom. The Bertz CT molecular complexity index is 822. The van der Waals surface area contributed by atoms with E-state index < -0.39 is 5.91 Å². The topological polar surface area (TPSA) is 98.7 Å². The summed E-state index contributed by atoms with van der Waals surface area (Å²) < 4.78 is 5.76. The zero-order valence-corrected chi connectivity index (χ0v) is 15.3. The van der Waals surface area contributed by atoms with Crippen molar-refractivity contribution in [3.63, 3.8) is 0 Å². The van der Waals surface area contributed by atoms with Crippen LogP contribution in [0.25, 0.3) is 0 Å². The molecule has 0 unspecified atom stereocenters. The largest absolute Gasteiger partial charge is 0.488 e. The number of para-hydroxylation sites is 1. The molecule has 1 aliphatic rings. The van der Waals surface area contributed by atoms with Crippen LogP contribution in [-0.2, 0) is 6.61 Å². The second-order valence-corrected chi connectivity index (χ2v) is 6.73. The Balaban J connectivity index is 1.72. The molecule has 0 bridgehead atoms. The molecular weight excluding hydrogens is 342 g/mol. The molecule has 1 aliphatic heterocycles. The lowest BCUT2D eigenvalue weighted by atomic mass is 10.0. The van der Waals surface area contributed by atoms with E-state index in [-0.39, 0.29) is 18.6 Å². The third kappa shape index (κ3) is 4.46. The Kier molecular flexibility index (Phi) is 6.08. The molecule has 0 aliphatic carbocycles. The minimum absolute atomic E-state index is 0.00420. The third-order valence-corrected chi connectivity index (χ3v) is 4.88. The van der Waals surface area contributed by atoms with Crippen LogP contribution in [0.5, 0.6) is 5.75 Å². The van der Waals surface area contributed by atoms with Crippen molar-refractivity contribution in [2.75, 3.05) is 13.1 Å². The van der Waals surface area contributed by atoms with Crippen molar-refractivity contribution in [1.82, 2.24) is 4.90 Å². The van der Waals surface area contributed by atoms with Crippen LogP contribution in [0.15, 0.2) is 48.5 Å². The average Bonchev–Trinajstić information content (AvgIpc) is 2.72. The Labute approximate surface area is 159 Å². The van der Waals surface area contributed by atoms with Gasteiger partial charge in [-0.1, -0.05) is 24.3 Å². The summed E-state index contributed by atoms with van der Waals surface area (Å²) in [6.07, 6.45) is 3.07. The smallest absolute Gasteiger partial charge is 0.254 e. The molecule has 1 fully saturated rings. The quantitative estimate of drug-likeness (QED) is 0.818. The van der Waals surface area contributed by atoms with Gasteiger partial charge in [0.2, 0.25) is 0 Å². The van der Waals surface area contributed by atoms with E-state index in [0.29, 0.717) is 23.4 Å². The number of benzene rings is 2. The van der Waals surface area contributed by atoms with Crippen LogP contribution in [0, 0.1) is 0 Å². The second-order valence-electron chi connectivity index (χ2n) is 6.73. The van der Waals surface area contributed by atoms with E-state index in [9.17, 15) is 9.59 Å². The summed E-state index contributed by atoms with van der Waals surface area (Å²) in [6.45, 7) is 1.47. The zero-order chi connectivity index (χ0) is 19.2. The number of nitrogens with two attached hydrogens (primary N) is 2. The van der Waals surface area contributed by atoms with Gasteiger partial charge in [-0.3, -0.25) is 9.59 Å². The summed E-state index contributed by atoms with van der Waals surface area (Å²) in [6, 6.07) is 14.3. The lowest BCUT2D eigenvalue weighted by Gasteiger charge is -2.35. The number of amides is 2. The van der Waals surface area contributed by atoms with Crippen molar-refractivity contribution in [1.29, 1.82) is 0 Å². The fraction of sp³-hybridized carbons (Fsp3) is 0.333. The maximum absolute atomic E-state index is 12.9. The molecule has 4 N–H and O–H groups in total. The highest BCUT2D eigenvalue weighted by Crippen LogP contribution is 2.21. The number of primary amides is 1. The van der Waals surface area contributed by atoms with Gasteiger partial charge in [0.15, 0.2) is 0 Å². The number of carbonyl (C=O) groups is 2. The van der Waals surface area contributed by atoms with Gasteiger partial charge in [0, 0.05) is 24.7 Å². The SMILES string of the molecule is NC[C@@H]1CCCCN1C(=O)c1cccc(COc2ccccc2C(N)=O)c1. The van der Waals surface area contributed by atoms with Crippen molar-refractivity contribution >= 4 is 11.8 Å². The van der Waals surface area contributed by atoms with E-state index in [2.05, 4.69) is 0 Å². The highest BCUT2D eigenvalue weighted by molar-refractivity contribution is 5.95. The number of hydrogen-bond acceptors (Lipinski definition) is 4. The highest BCUT2D eigenvalue weighted by atomic mass is 16.5. The molecule has 6 heteroatoms. The van der Waals surface area contributed by atoms with Crippen molar-refractivity contribution in [3.05, 3.63) is 65.2 Å². The fourth-order valence-electron chi connectivity index (χ4n) is 3.43. The molecule has 1 atom stereocenters. The van der Waals surface area contributed by atoms with E-state index in [4.69, 9.17) is 16.2 Å². The molecule has 1 heterocycles. The molecule has 2 amide bonds. The molecular formula is C21H25N3O3. The minimum atomic E-state index is -0.535. The van der Waals surface area contributed by atoms with Gasteiger partial charge in [0.25, 0.3) is 11.8 Å². The standard InChI is InChI=1S/C21H25N3O3/c22-13-17-8-3-4-11-24(17)21(26)16-7-5-6-15(12-16)14-27-19-10-2-1-9-18(19)20(23)25/h1-2,5-7,9-10,12,17H,3-4,8,11,13-14,22H2,(H2,23,25)/t17-/m0/s1. The maximum atomic E-state index is 12.9. The van der Waals surface area contributed by atoms with Crippen LogP contribution in [0.1, 0.15) is 45.5 Å². The Morgan fingerprint density at radius 2 is 1.93 bits per heavy atom. The van der Waals surface area contributed by atoms with Gasteiger partial charge < -0.3 is 21.1 Å². The number of piperidine rings is 1. The number of carbonyl (C=O) groups excluding carboxylic acids is 2. The molecule has 27 heavy (non-hydrogen) atoms. The second kappa shape index (κ2) is 8.68. The summed E-state index contributed by atoms with van der Waals surface area (Å²) in [5.74, 6) is -0.0991. The van der Waals surface area contributed by atoms with Crippen molar-refractivity contribution in [3.8, 4) is 5.75 Å². The highest BCUT2D eigenvalue weighted by Gasteiger charge is 2.26. The maximum Gasteiger partial charge on any atom is 0.254 e. The summed E-state index contributed by atoms with van der Waals surface area (Å²) in [5, 5.41) is 0. The fourth-order valence-corrected chi connectivity index (χ4v) is 3.43. The van der Waals surface area contributed by atoms with E-state index in [1.807, 2.05) is 29.2 Å². The predicted molar refractivity (Wildman–Crippen MR) is 103 cm³/mol. The number of ether oxygens (including phenoxy) is 1. The van der Waals surface area contributed by atoms with Crippen molar-refractivity contribution in [2.45, 2.75) is 31.9 Å². The molecule has 2 aromatic carbocycles. The van der Waals surface area contributed by atoms with Crippen molar-refractivity contribution < 1.29 is 14.3 Å². The van der Waals surface area contributed by atoms with E-state index in [1.165, 1.54) is 0 Å². The lowest BCUT2D eigenvalue weighted by molar-refractivity contribution is 0.0623. The summed E-state index contributed by atoms with van der Waals surface area (Å²) in [5.41, 5.74) is 13.0. The molecule has 0 saturated carbocycles.